The van der Waals surface area contributed by atoms with E-state index in [9.17, 15) is 0 Å². The van der Waals surface area contributed by atoms with Crippen molar-refractivity contribution in [2.75, 3.05) is 14.2 Å². The molecule has 3 heteroatoms. The number of nitrogens with one attached hydrogen (secondary N) is 1. The van der Waals surface area contributed by atoms with E-state index in [0.717, 1.165) is 11.3 Å². The Bertz CT molecular complexity index is 263. The summed E-state index contributed by atoms with van der Waals surface area (Å²) in [4.78, 5) is 1.20. The molecule has 0 atom stereocenters. The molecule has 1 N–H and O–H groups in total. The lowest BCUT2D eigenvalue weighted by atomic mass is 10.2. The average Bonchev–Trinajstić information content (AvgIpc) is 2.05. The number of ether oxygens (including phenoxy) is 1. The van der Waals surface area contributed by atoms with Gasteiger partial charge < -0.3 is 4.74 Å². The zero-order valence-electron chi connectivity index (χ0n) is 7.55. The van der Waals surface area contributed by atoms with Crippen molar-refractivity contribution in [1.29, 1.82) is 0 Å². The molecule has 0 aromatic heterocycles. The lowest BCUT2D eigenvalue weighted by Crippen LogP contribution is -1.92. The molecule has 0 aliphatic rings. The van der Waals surface area contributed by atoms with Gasteiger partial charge in [0.05, 0.1) is 7.11 Å². The molecular formula is C9H13NOS. The third kappa shape index (κ3) is 2.16. The van der Waals surface area contributed by atoms with E-state index in [1.807, 2.05) is 26.1 Å². The molecule has 0 aliphatic carbocycles. The van der Waals surface area contributed by atoms with Gasteiger partial charge in [-0.1, -0.05) is 0 Å². The summed E-state index contributed by atoms with van der Waals surface area (Å²) in [7, 11) is 3.59. The highest BCUT2D eigenvalue weighted by molar-refractivity contribution is 7.97. The van der Waals surface area contributed by atoms with E-state index in [2.05, 4.69) is 10.8 Å². The first-order valence-corrected chi connectivity index (χ1v) is 4.58. The standard InChI is InChI=1S/C9H13NOS/c1-7-6-8(12-10-2)4-5-9(7)11-3/h4-6,10H,1-3H3. The summed E-state index contributed by atoms with van der Waals surface area (Å²) in [6.07, 6.45) is 0. The minimum atomic E-state index is 0.940. The van der Waals surface area contributed by atoms with E-state index in [-0.39, 0.29) is 0 Å². The molecule has 0 bridgehead atoms. The second-order valence-electron chi connectivity index (χ2n) is 2.44. The van der Waals surface area contributed by atoms with E-state index >= 15 is 0 Å². The molecule has 0 aliphatic heterocycles. The Morgan fingerprint density at radius 1 is 1.42 bits per heavy atom. The molecule has 0 amide bonds. The minimum Gasteiger partial charge on any atom is -0.496 e. The first kappa shape index (κ1) is 9.42. The van der Waals surface area contributed by atoms with Crippen LogP contribution < -0.4 is 9.46 Å². The lowest BCUT2D eigenvalue weighted by Gasteiger charge is -2.05. The highest BCUT2D eigenvalue weighted by atomic mass is 32.2. The van der Waals surface area contributed by atoms with E-state index in [4.69, 9.17) is 4.74 Å². The fourth-order valence-electron chi connectivity index (χ4n) is 1.03. The Hall–Kier alpha value is -0.670. The molecule has 2 nitrogen and oxygen atoms in total. The Morgan fingerprint density at radius 3 is 2.67 bits per heavy atom. The molecule has 0 saturated carbocycles. The molecule has 0 fully saturated rings. The van der Waals surface area contributed by atoms with Crippen LogP contribution in [0.1, 0.15) is 5.56 Å². The van der Waals surface area contributed by atoms with E-state index in [1.54, 1.807) is 19.1 Å². The minimum absolute atomic E-state index is 0.940. The monoisotopic (exact) mass is 183 g/mol. The summed E-state index contributed by atoms with van der Waals surface area (Å²) < 4.78 is 8.17. The van der Waals surface area contributed by atoms with Crippen molar-refractivity contribution in [3.63, 3.8) is 0 Å². The molecule has 0 radical (unpaired) electrons. The Morgan fingerprint density at radius 2 is 2.17 bits per heavy atom. The number of methoxy groups -OCH3 is 1. The fourth-order valence-corrected chi connectivity index (χ4v) is 1.64. The van der Waals surface area contributed by atoms with Gasteiger partial charge in [0.1, 0.15) is 5.75 Å². The number of hydrogen-bond acceptors (Lipinski definition) is 3. The third-order valence-corrected chi connectivity index (χ3v) is 2.28. The Kier molecular flexibility index (Phi) is 3.44. The Labute approximate surface area is 77.4 Å². The van der Waals surface area contributed by atoms with Gasteiger partial charge in [-0.15, -0.1) is 0 Å². The van der Waals surface area contributed by atoms with Gasteiger partial charge in [-0.3, -0.25) is 4.72 Å². The topological polar surface area (TPSA) is 21.3 Å². The van der Waals surface area contributed by atoms with Gasteiger partial charge >= 0.3 is 0 Å². The fraction of sp³-hybridized carbons (Fsp3) is 0.333. The molecule has 1 aromatic carbocycles. The SMILES string of the molecule is CNSc1ccc(OC)c(C)c1. The maximum absolute atomic E-state index is 5.15. The first-order chi connectivity index (χ1) is 5.77. The smallest absolute Gasteiger partial charge is 0.121 e. The van der Waals surface area contributed by atoms with E-state index < -0.39 is 0 Å². The summed E-state index contributed by atoms with van der Waals surface area (Å²) in [6.45, 7) is 2.04. The van der Waals surface area contributed by atoms with Crippen LogP contribution in [-0.2, 0) is 0 Å². The van der Waals surface area contributed by atoms with Crippen LogP contribution in [0, 0.1) is 6.92 Å². The van der Waals surface area contributed by atoms with Crippen molar-refractivity contribution in [2.45, 2.75) is 11.8 Å². The predicted octanol–water partition coefficient (Wildman–Crippen LogP) is 2.23. The summed E-state index contributed by atoms with van der Waals surface area (Å²) >= 11 is 1.60. The number of hydrogen-bond donors (Lipinski definition) is 1. The molecule has 0 saturated heterocycles. The van der Waals surface area contributed by atoms with Gasteiger partial charge in [0.15, 0.2) is 0 Å². The molecular weight excluding hydrogens is 170 g/mol. The van der Waals surface area contributed by atoms with Crippen molar-refractivity contribution in [2.24, 2.45) is 0 Å². The second-order valence-corrected chi connectivity index (χ2v) is 3.52. The molecule has 1 aromatic rings. The highest BCUT2D eigenvalue weighted by Crippen LogP contribution is 2.23. The van der Waals surface area contributed by atoms with E-state index in [1.165, 1.54) is 4.90 Å². The zero-order valence-corrected chi connectivity index (χ0v) is 8.37. The largest absolute Gasteiger partial charge is 0.496 e. The number of benzene rings is 1. The van der Waals surface area contributed by atoms with Gasteiger partial charge in [-0.2, -0.15) is 0 Å². The molecule has 0 unspecified atom stereocenters. The third-order valence-electron chi connectivity index (χ3n) is 1.59. The van der Waals surface area contributed by atoms with Gasteiger partial charge in [-0.25, -0.2) is 0 Å². The van der Waals surface area contributed by atoms with Crippen LogP contribution >= 0.6 is 11.9 Å². The maximum atomic E-state index is 5.15. The van der Waals surface area contributed by atoms with Crippen LogP contribution in [-0.4, -0.2) is 14.2 Å². The van der Waals surface area contributed by atoms with Crippen molar-refractivity contribution in [3.05, 3.63) is 23.8 Å². The normalized spacial score (nSPS) is 9.92. The number of aryl methyl sites for hydroxylation is 1. The van der Waals surface area contributed by atoms with Crippen molar-refractivity contribution in [3.8, 4) is 5.75 Å². The summed E-state index contributed by atoms with van der Waals surface area (Å²) in [5, 5.41) is 0. The Balaban J connectivity index is 2.86. The van der Waals surface area contributed by atoms with E-state index in [0.29, 0.717) is 0 Å². The van der Waals surface area contributed by atoms with Crippen molar-refractivity contribution in [1.82, 2.24) is 4.72 Å². The molecule has 66 valence electrons. The lowest BCUT2D eigenvalue weighted by molar-refractivity contribution is 0.411. The summed E-state index contributed by atoms with van der Waals surface area (Å²) in [5.41, 5.74) is 1.16. The predicted molar refractivity (Wildman–Crippen MR) is 52.6 cm³/mol. The summed E-state index contributed by atoms with van der Waals surface area (Å²) in [6, 6.07) is 6.11. The van der Waals surface area contributed by atoms with Crippen molar-refractivity contribution < 1.29 is 4.74 Å². The maximum Gasteiger partial charge on any atom is 0.121 e. The molecule has 0 heterocycles. The van der Waals surface area contributed by atoms with Crippen LogP contribution in [0.2, 0.25) is 0 Å². The molecule has 12 heavy (non-hydrogen) atoms. The van der Waals surface area contributed by atoms with Gasteiger partial charge in [0, 0.05) is 4.90 Å². The second kappa shape index (κ2) is 4.38. The zero-order chi connectivity index (χ0) is 8.97. The average molecular weight is 183 g/mol. The quantitative estimate of drug-likeness (QED) is 0.726. The van der Waals surface area contributed by atoms with Crippen LogP contribution in [0.3, 0.4) is 0 Å². The molecule has 0 spiro atoms. The summed E-state index contributed by atoms with van der Waals surface area (Å²) in [5.74, 6) is 0.940. The highest BCUT2D eigenvalue weighted by Gasteiger charge is 1.98. The molecule has 1 rings (SSSR count). The van der Waals surface area contributed by atoms with Gasteiger partial charge in [0.25, 0.3) is 0 Å². The first-order valence-electron chi connectivity index (χ1n) is 3.76. The van der Waals surface area contributed by atoms with Crippen LogP contribution in [0.25, 0.3) is 0 Å². The van der Waals surface area contributed by atoms with Crippen LogP contribution in [0.4, 0.5) is 0 Å². The van der Waals surface area contributed by atoms with Crippen LogP contribution in [0.15, 0.2) is 23.1 Å². The van der Waals surface area contributed by atoms with Gasteiger partial charge in [-0.05, 0) is 49.7 Å². The van der Waals surface area contributed by atoms with Crippen molar-refractivity contribution >= 4 is 11.9 Å². The van der Waals surface area contributed by atoms with Crippen LogP contribution in [0.5, 0.6) is 5.75 Å². The number of rotatable bonds is 3. The van der Waals surface area contributed by atoms with Gasteiger partial charge in [0.2, 0.25) is 0 Å².